The van der Waals surface area contributed by atoms with Gasteiger partial charge in [-0.25, -0.2) is 0 Å². The minimum absolute atomic E-state index is 0.138. The van der Waals surface area contributed by atoms with Crippen molar-refractivity contribution >= 4 is 5.97 Å². The van der Waals surface area contributed by atoms with Gasteiger partial charge in [0.05, 0.1) is 6.61 Å². The van der Waals surface area contributed by atoms with Crippen LogP contribution in [0.2, 0.25) is 0 Å². The van der Waals surface area contributed by atoms with Crippen molar-refractivity contribution in [2.75, 3.05) is 13.2 Å². The van der Waals surface area contributed by atoms with Gasteiger partial charge < -0.3 is 10.1 Å². The fourth-order valence-corrected chi connectivity index (χ4v) is 0.491. The summed E-state index contributed by atoms with van der Waals surface area (Å²) >= 11 is 0. The maximum atomic E-state index is 11.8. The highest BCUT2D eigenvalue weighted by molar-refractivity contribution is 5.71. The number of halogens is 3. The van der Waals surface area contributed by atoms with Crippen molar-refractivity contribution in [1.29, 1.82) is 0 Å². The summed E-state index contributed by atoms with van der Waals surface area (Å²) in [5.74, 6) is -0.743. The number of esters is 1. The summed E-state index contributed by atoms with van der Waals surface area (Å²) in [6.45, 7) is 3.90. The summed E-state index contributed by atoms with van der Waals surface area (Å²) < 4.78 is 39.7. The summed E-state index contributed by atoms with van der Waals surface area (Å²) in [6.07, 6.45) is -4.52. The molecule has 0 amide bonds. The van der Waals surface area contributed by atoms with Gasteiger partial charge in [0, 0.05) is 0 Å². The van der Waals surface area contributed by atoms with Gasteiger partial charge in [0.1, 0.15) is 12.2 Å². The Morgan fingerprint density at radius 2 is 2.08 bits per heavy atom. The van der Waals surface area contributed by atoms with Crippen LogP contribution in [0.1, 0.15) is 6.92 Å². The molecule has 76 valence electrons. The van der Waals surface area contributed by atoms with Crippen LogP contribution in [0.15, 0.2) is 12.3 Å². The Morgan fingerprint density at radius 3 is 2.46 bits per heavy atom. The molecular weight excluding hydrogens is 187 g/mol. The quantitative estimate of drug-likeness (QED) is 0.688. The van der Waals surface area contributed by atoms with E-state index < -0.39 is 24.4 Å². The lowest BCUT2D eigenvalue weighted by Crippen LogP contribution is -2.30. The monoisotopic (exact) mass is 197 g/mol. The standard InChI is InChI=1S/C7H10F3NO2/c1-3-13-6(12)4-11-5(2)7(8,9)10/h11H,2-4H2,1H3. The Kier molecular flexibility index (Phi) is 4.30. The molecule has 0 atom stereocenters. The fourth-order valence-electron chi connectivity index (χ4n) is 0.491. The van der Waals surface area contributed by atoms with Crippen LogP contribution in [-0.4, -0.2) is 25.3 Å². The third-order valence-electron chi connectivity index (χ3n) is 1.09. The van der Waals surface area contributed by atoms with Crippen LogP contribution in [0.4, 0.5) is 13.2 Å². The van der Waals surface area contributed by atoms with E-state index in [1.165, 1.54) is 0 Å². The van der Waals surface area contributed by atoms with E-state index in [4.69, 9.17) is 0 Å². The van der Waals surface area contributed by atoms with Gasteiger partial charge in [-0.05, 0) is 6.92 Å². The van der Waals surface area contributed by atoms with E-state index in [-0.39, 0.29) is 6.61 Å². The van der Waals surface area contributed by atoms with E-state index in [9.17, 15) is 18.0 Å². The Balaban J connectivity index is 3.77. The van der Waals surface area contributed by atoms with E-state index in [0.717, 1.165) is 0 Å². The predicted octanol–water partition coefficient (Wildman–Crippen LogP) is 1.22. The molecule has 6 heteroatoms. The predicted molar refractivity (Wildman–Crippen MR) is 39.8 cm³/mol. The van der Waals surface area contributed by atoms with Gasteiger partial charge in [0.2, 0.25) is 0 Å². The van der Waals surface area contributed by atoms with Gasteiger partial charge in [0.25, 0.3) is 0 Å². The molecule has 0 aliphatic heterocycles. The van der Waals surface area contributed by atoms with Crippen LogP contribution >= 0.6 is 0 Å². The number of hydrogen-bond donors (Lipinski definition) is 1. The smallest absolute Gasteiger partial charge is 0.430 e. The summed E-state index contributed by atoms with van der Waals surface area (Å²) in [6, 6.07) is 0. The van der Waals surface area contributed by atoms with Gasteiger partial charge in [-0.15, -0.1) is 0 Å². The van der Waals surface area contributed by atoms with Gasteiger partial charge >= 0.3 is 12.1 Å². The van der Waals surface area contributed by atoms with Crippen LogP contribution < -0.4 is 5.32 Å². The summed E-state index contributed by atoms with van der Waals surface area (Å²) in [7, 11) is 0. The highest BCUT2D eigenvalue weighted by Crippen LogP contribution is 2.21. The van der Waals surface area contributed by atoms with Crippen molar-refractivity contribution in [3.63, 3.8) is 0 Å². The first-order chi connectivity index (χ1) is 5.88. The molecule has 0 spiro atoms. The SMILES string of the molecule is C=C(NCC(=O)OCC)C(F)(F)F. The third-order valence-corrected chi connectivity index (χ3v) is 1.09. The van der Waals surface area contributed by atoms with Gasteiger partial charge in [0.15, 0.2) is 0 Å². The molecule has 1 N–H and O–H groups in total. The highest BCUT2D eigenvalue weighted by Gasteiger charge is 2.32. The van der Waals surface area contributed by atoms with E-state index >= 15 is 0 Å². The second kappa shape index (κ2) is 4.74. The van der Waals surface area contributed by atoms with Crippen LogP contribution in [0.5, 0.6) is 0 Å². The Hall–Kier alpha value is -1.20. The number of alkyl halides is 3. The van der Waals surface area contributed by atoms with E-state index in [1.54, 1.807) is 6.92 Å². The van der Waals surface area contributed by atoms with Gasteiger partial charge in [-0.2, -0.15) is 13.2 Å². The number of carbonyl (C=O) groups is 1. The van der Waals surface area contributed by atoms with Gasteiger partial charge in [-0.3, -0.25) is 4.79 Å². The number of allylic oxidation sites excluding steroid dienone is 1. The molecule has 0 aliphatic carbocycles. The first-order valence-corrected chi connectivity index (χ1v) is 3.53. The maximum Gasteiger partial charge on any atom is 0.430 e. The van der Waals surface area contributed by atoms with Crippen molar-refractivity contribution in [2.24, 2.45) is 0 Å². The first-order valence-electron chi connectivity index (χ1n) is 3.53. The fraction of sp³-hybridized carbons (Fsp3) is 0.571. The van der Waals surface area contributed by atoms with E-state index in [0.29, 0.717) is 0 Å². The zero-order valence-electron chi connectivity index (χ0n) is 7.07. The van der Waals surface area contributed by atoms with Crippen molar-refractivity contribution in [2.45, 2.75) is 13.1 Å². The molecule has 0 saturated carbocycles. The highest BCUT2D eigenvalue weighted by atomic mass is 19.4. The van der Waals surface area contributed by atoms with Crippen LogP contribution in [0.25, 0.3) is 0 Å². The number of rotatable bonds is 4. The molecular formula is C7H10F3NO2. The van der Waals surface area contributed by atoms with Crippen LogP contribution in [0, 0.1) is 0 Å². The number of hydrogen-bond acceptors (Lipinski definition) is 3. The Morgan fingerprint density at radius 1 is 1.54 bits per heavy atom. The Bertz CT molecular complexity index is 200. The van der Waals surface area contributed by atoms with Crippen LogP contribution in [0.3, 0.4) is 0 Å². The first kappa shape index (κ1) is 11.8. The molecule has 0 heterocycles. The summed E-state index contributed by atoms with van der Waals surface area (Å²) in [4.78, 5) is 10.6. The Labute approximate surface area is 73.6 Å². The van der Waals surface area contributed by atoms with Crippen molar-refractivity contribution in [3.8, 4) is 0 Å². The second-order valence-corrected chi connectivity index (χ2v) is 2.13. The molecule has 3 nitrogen and oxygen atoms in total. The average Bonchev–Trinajstić information content (AvgIpc) is 1.99. The lowest BCUT2D eigenvalue weighted by Gasteiger charge is -2.11. The minimum Gasteiger partial charge on any atom is -0.465 e. The molecule has 0 unspecified atom stereocenters. The normalized spacial score (nSPS) is 10.8. The topological polar surface area (TPSA) is 38.3 Å². The molecule has 0 aromatic carbocycles. The zero-order chi connectivity index (χ0) is 10.5. The molecule has 0 radical (unpaired) electrons. The third kappa shape index (κ3) is 5.10. The molecule has 0 aromatic heterocycles. The second-order valence-electron chi connectivity index (χ2n) is 2.13. The zero-order valence-corrected chi connectivity index (χ0v) is 7.07. The molecule has 0 rings (SSSR count). The minimum atomic E-state index is -4.52. The molecule has 0 aliphatic rings. The number of carbonyl (C=O) groups excluding carboxylic acids is 1. The van der Waals surface area contributed by atoms with E-state index in [2.05, 4.69) is 11.3 Å². The summed E-state index contributed by atoms with van der Waals surface area (Å²) in [5, 5.41) is 1.81. The van der Waals surface area contributed by atoms with Crippen molar-refractivity contribution < 1.29 is 22.7 Å². The molecule has 0 bridgehead atoms. The van der Waals surface area contributed by atoms with E-state index in [1.807, 2.05) is 5.32 Å². The van der Waals surface area contributed by atoms with Crippen LogP contribution in [-0.2, 0) is 9.53 Å². The van der Waals surface area contributed by atoms with Crippen molar-refractivity contribution in [1.82, 2.24) is 5.32 Å². The molecule has 13 heavy (non-hydrogen) atoms. The average molecular weight is 197 g/mol. The van der Waals surface area contributed by atoms with Crippen molar-refractivity contribution in [3.05, 3.63) is 12.3 Å². The number of ether oxygens (including phenoxy) is 1. The largest absolute Gasteiger partial charge is 0.465 e. The lowest BCUT2D eigenvalue weighted by atomic mass is 10.4. The number of nitrogens with one attached hydrogen (secondary N) is 1. The summed E-state index contributed by atoms with van der Waals surface area (Å²) in [5.41, 5.74) is -1.15. The molecule has 0 fully saturated rings. The van der Waals surface area contributed by atoms with Gasteiger partial charge in [-0.1, -0.05) is 6.58 Å². The molecule has 0 saturated heterocycles. The molecule has 0 aromatic rings. The maximum absolute atomic E-state index is 11.8. The lowest BCUT2D eigenvalue weighted by molar-refractivity contribution is -0.142.